The molecule has 7 rings (SSSR count). The summed E-state index contributed by atoms with van der Waals surface area (Å²) in [4.78, 5) is 13.8. The van der Waals surface area contributed by atoms with Crippen LogP contribution < -0.4 is 5.19 Å². The van der Waals surface area contributed by atoms with Gasteiger partial charge in [0.2, 0.25) is 5.71 Å². The molecule has 4 aromatic heterocycles. The zero-order chi connectivity index (χ0) is 33.9. The van der Waals surface area contributed by atoms with Crippen molar-refractivity contribution in [3.05, 3.63) is 108 Å². The van der Waals surface area contributed by atoms with Gasteiger partial charge in [-0.3, -0.25) is 0 Å². The van der Waals surface area contributed by atoms with Crippen LogP contribution in [0.3, 0.4) is 0 Å². The average Bonchev–Trinajstić information content (AvgIpc) is 3.45. The molecule has 257 valence electrons. The molecule has 6 heteroatoms. The van der Waals surface area contributed by atoms with Crippen molar-refractivity contribution in [3.8, 4) is 22.5 Å². The Morgan fingerprint density at radius 3 is 2.29 bits per heavy atom. The molecule has 4 nitrogen and oxygen atoms in total. The third-order valence-corrected chi connectivity index (χ3v) is 11.5. The van der Waals surface area contributed by atoms with Gasteiger partial charge in [0, 0.05) is 44.1 Å². The fourth-order valence-electron chi connectivity index (χ4n) is 6.98. The van der Waals surface area contributed by atoms with Gasteiger partial charge < -0.3 is 14.4 Å². The molecule has 6 aromatic rings. The number of rotatable bonds is 6. The van der Waals surface area contributed by atoms with Gasteiger partial charge in [-0.05, 0) is 65.4 Å². The number of aryl methyl sites for hydroxylation is 1. The second-order valence-electron chi connectivity index (χ2n) is 15.7. The van der Waals surface area contributed by atoms with Gasteiger partial charge in [-0.2, -0.15) is 0 Å². The molecule has 0 spiro atoms. The number of nitrogens with zero attached hydrogens (tertiary/aromatic N) is 3. The monoisotopic (exact) mass is 844 g/mol. The maximum atomic E-state index is 6.08. The SMILES string of the molecule is CC(C)(C)Cc1cc(-c2[c-]cccc2)ncc1[Si](C)(C)C.Cc1cnc(-c2[c-]ccc3c2oc2ncccc23)cc1CC1CCCCC1.[Ir]. The van der Waals surface area contributed by atoms with Crippen LogP contribution in [0.15, 0.2) is 83.7 Å². The van der Waals surface area contributed by atoms with Gasteiger partial charge >= 0.3 is 0 Å². The normalized spacial score (nSPS) is 13.9. The zero-order valence-electron chi connectivity index (χ0n) is 30.1. The van der Waals surface area contributed by atoms with E-state index in [4.69, 9.17) is 14.4 Å². The van der Waals surface area contributed by atoms with Gasteiger partial charge in [-0.25, -0.2) is 4.98 Å². The Balaban J connectivity index is 0.000000194. The number of benzene rings is 2. The predicted molar refractivity (Wildman–Crippen MR) is 203 cm³/mol. The van der Waals surface area contributed by atoms with Gasteiger partial charge in [0.1, 0.15) is 0 Å². The Labute approximate surface area is 307 Å². The van der Waals surface area contributed by atoms with E-state index in [1.165, 1.54) is 54.0 Å². The number of fused-ring (bicyclic) bond motifs is 3. The molecule has 0 amide bonds. The molecular weight excluding hydrogens is 795 g/mol. The molecule has 1 aliphatic rings. The van der Waals surface area contributed by atoms with Crippen LogP contribution >= 0.6 is 0 Å². The Hall–Kier alpha value is -3.44. The molecule has 1 fully saturated rings. The summed E-state index contributed by atoms with van der Waals surface area (Å²) in [5.74, 6) is 0.808. The number of hydrogen-bond acceptors (Lipinski definition) is 4. The molecule has 1 radical (unpaired) electrons. The minimum Gasteiger partial charge on any atom is -0.486 e. The third-order valence-electron chi connectivity index (χ3n) is 9.42. The number of furan rings is 1. The molecule has 0 aliphatic heterocycles. The number of aromatic nitrogens is 3. The Morgan fingerprint density at radius 2 is 1.57 bits per heavy atom. The summed E-state index contributed by atoms with van der Waals surface area (Å²) in [6, 6.07) is 27.2. The first-order valence-corrected chi connectivity index (χ1v) is 21.1. The summed E-state index contributed by atoms with van der Waals surface area (Å²) in [5.41, 5.74) is 9.92. The van der Waals surface area contributed by atoms with Crippen molar-refractivity contribution in [1.29, 1.82) is 0 Å². The fourth-order valence-corrected chi connectivity index (χ4v) is 8.56. The molecular formula is C43H49IrN3OSi-2. The van der Waals surface area contributed by atoms with Crippen LogP contribution in [-0.2, 0) is 32.9 Å². The van der Waals surface area contributed by atoms with E-state index in [1.807, 2.05) is 42.6 Å². The van der Waals surface area contributed by atoms with Crippen molar-refractivity contribution in [2.75, 3.05) is 0 Å². The van der Waals surface area contributed by atoms with Crippen LogP contribution in [0.25, 0.3) is 44.6 Å². The molecule has 0 atom stereocenters. The Bertz CT molecular complexity index is 2000. The first-order chi connectivity index (χ1) is 23.0. The van der Waals surface area contributed by atoms with Crippen LogP contribution in [0.4, 0.5) is 0 Å². The van der Waals surface area contributed by atoms with Crippen molar-refractivity contribution in [2.45, 2.75) is 92.3 Å². The van der Waals surface area contributed by atoms with Crippen molar-refractivity contribution < 1.29 is 24.5 Å². The summed E-state index contributed by atoms with van der Waals surface area (Å²) in [7, 11) is -1.37. The van der Waals surface area contributed by atoms with Crippen molar-refractivity contribution >= 4 is 35.3 Å². The maximum absolute atomic E-state index is 6.08. The van der Waals surface area contributed by atoms with Gasteiger partial charge in [-0.15, -0.1) is 54.1 Å². The van der Waals surface area contributed by atoms with Crippen LogP contribution in [0.5, 0.6) is 0 Å². The number of hydrogen-bond donors (Lipinski definition) is 0. The van der Waals surface area contributed by atoms with Crippen molar-refractivity contribution in [1.82, 2.24) is 15.0 Å². The molecule has 1 aliphatic carbocycles. The van der Waals surface area contributed by atoms with Gasteiger partial charge in [0.05, 0.1) is 13.7 Å². The topological polar surface area (TPSA) is 51.8 Å². The molecule has 0 saturated heterocycles. The first kappa shape index (κ1) is 36.8. The van der Waals surface area contributed by atoms with E-state index >= 15 is 0 Å². The van der Waals surface area contributed by atoms with Crippen molar-refractivity contribution in [3.63, 3.8) is 0 Å². The predicted octanol–water partition coefficient (Wildman–Crippen LogP) is 11.0. The molecule has 4 heterocycles. The van der Waals surface area contributed by atoms with E-state index < -0.39 is 8.07 Å². The van der Waals surface area contributed by atoms with E-state index in [0.29, 0.717) is 5.71 Å². The van der Waals surface area contributed by atoms with Gasteiger partial charge in [0.15, 0.2) is 0 Å². The number of pyridine rings is 3. The Morgan fingerprint density at radius 1 is 0.816 bits per heavy atom. The second kappa shape index (κ2) is 15.6. The third kappa shape index (κ3) is 9.03. The first-order valence-electron chi connectivity index (χ1n) is 17.6. The average molecular weight is 844 g/mol. The molecule has 0 N–H and O–H groups in total. The molecule has 2 aromatic carbocycles. The van der Waals surface area contributed by atoms with Gasteiger partial charge in [0.25, 0.3) is 0 Å². The summed E-state index contributed by atoms with van der Waals surface area (Å²) in [6.07, 6.45) is 15.0. The quantitative estimate of drug-likeness (QED) is 0.124. The van der Waals surface area contributed by atoms with Crippen LogP contribution in [0, 0.1) is 30.4 Å². The van der Waals surface area contributed by atoms with Crippen molar-refractivity contribution in [2.24, 2.45) is 11.3 Å². The summed E-state index contributed by atoms with van der Waals surface area (Å²) < 4.78 is 6.08. The second-order valence-corrected chi connectivity index (χ2v) is 20.8. The minimum atomic E-state index is -1.37. The molecule has 49 heavy (non-hydrogen) atoms. The van der Waals surface area contributed by atoms with E-state index in [-0.39, 0.29) is 25.5 Å². The summed E-state index contributed by atoms with van der Waals surface area (Å²) in [5, 5.41) is 3.59. The smallest absolute Gasteiger partial charge is 0.216 e. The maximum Gasteiger partial charge on any atom is 0.216 e. The van der Waals surface area contributed by atoms with Crippen LogP contribution in [-0.4, -0.2) is 23.0 Å². The van der Waals surface area contributed by atoms with Gasteiger partial charge in [-0.1, -0.05) is 107 Å². The van der Waals surface area contributed by atoms with E-state index in [0.717, 1.165) is 57.6 Å². The minimum absolute atomic E-state index is 0. The van der Waals surface area contributed by atoms with Crippen LogP contribution in [0.2, 0.25) is 19.6 Å². The standard InChI is InChI=1S/C24H23N2O.C19H26NSi.Ir/c1-16-15-26-22(14-18(16)13-17-7-3-2-4-8-17)21-10-5-9-19-20-11-6-12-25-24(20)27-23(19)21;1-19(2,3)13-16-12-17(15-10-8-7-9-11-15)20-14-18(16)21(4,5)6;/h5-6,9,11-12,14-15,17H,2-4,7-8,13H2,1H3;7-10,12,14H,13H2,1-6H3;/q2*-1;. The van der Waals surface area contributed by atoms with Crippen LogP contribution in [0.1, 0.15) is 69.6 Å². The zero-order valence-corrected chi connectivity index (χ0v) is 33.5. The molecule has 0 unspecified atom stereocenters. The van der Waals surface area contributed by atoms with E-state index in [9.17, 15) is 0 Å². The molecule has 1 saturated carbocycles. The summed E-state index contributed by atoms with van der Waals surface area (Å²) >= 11 is 0. The molecule has 0 bridgehead atoms. The van der Waals surface area contributed by atoms with E-state index in [2.05, 4.69) is 94.9 Å². The summed E-state index contributed by atoms with van der Waals surface area (Å²) in [6.45, 7) is 16.3. The largest absolute Gasteiger partial charge is 0.486 e. The fraction of sp³-hybridized carbons (Fsp3) is 0.372. The Kier molecular flexibility index (Phi) is 11.7. The van der Waals surface area contributed by atoms with E-state index in [1.54, 1.807) is 6.20 Å².